The molecule has 2 heterocycles. The summed E-state index contributed by atoms with van der Waals surface area (Å²) in [5.74, 6) is -0.0829. The molecule has 1 aliphatic rings. The minimum Gasteiger partial charge on any atom is -0.342 e. The van der Waals surface area contributed by atoms with Crippen LogP contribution in [0.5, 0.6) is 0 Å². The molecule has 0 spiro atoms. The Morgan fingerprint density at radius 3 is 2.86 bits per heavy atom. The van der Waals surface area contributed by atoms with Gasteiger partial charge in [-0.25, -0.2) is 4.98 Å². The molecule has 110 valence electrons. The van der Waals surface area contributed by atoms with E-state index in [0.29, 0.717) is 6.67 Å². The van der Waals surface area contributed by atoms with Crippen LogP contribution in [0.1, 0.15) is 0 Å². The fourth-order valence-electron chi connectivity index (χ4n) is 2.23. The number of para-hydroxylation sites is 1. The molecule has 1 saturated heterocycles. The number of anilines is 1. The Hall–Kier alpha value is -2.15. The maximum Gasteiger partial charge on any atom is 0.244 e. The molecule has 1 aromatic carbocycles. The van der Waals surface area contributed by atoms with Gasteiger partial charge in [0.2, 0.25) is 11.8 Å². The van der Waals surface area contributed by atoms with E-state index in [0.717, 1.165) is 15.3 Å². The van der Waals surface area contributed by atoms with Gasteiger partial charge in [0.05, 0.1) is 23.4 Å². The van der Waals surface area contributed by atoms with E-state index in [1.807, 2.05) is 36.2 Å². The van der Waals surface area contributed by atoms with E-state index >= 15 is 0 Å². The second-order valence-corrected chi connectivity index (χ2v) is 6.15. The molecule has 2 aromatic rings. The van der Waals surface area contributed by atoms with Gasteiger partial charge in [0.15, 0.2) is 5.13 Å². The van der Waals surface area contributed by atoms with Crippen LogP contribution in [-0.2, 0) is 9.59 Å². The van der Waals surface area contributed by atoms with Crippen LogP contribution in [-0.4, -0.2) is 60.5 Å². The zero-order chi connectivity index (χ0) is 15.0. The number of carbonyl (C=O) groups excluding carboxylic acids is 2. The minimum atomic E-state index is -0.0607. The molecule has 0 saturated carbocycles. The van der Waals surface area contributed by atoms with Crippen LogP contribution in [0.2, 0.25) is 0 Å². The first-order valence-electron chi connectivity index (χ1n) is 6.63. The summed E-state index contributed by atoms with van der Waals surface area (Å²) < 4.78 is 1.10. The molecule has 6 nitrogen and oxygen atoms in total. The first-order chi connectivity index (χ1) is 10.0. The quantitative estimate of drug-likeness (QED) is 0.848. The molecule has 1 aliphatic heterocycles. The van der Waals surface area contributed by atoms with E-state index in [1.165, 1.54) is 0 Å². The Kier molecular flexibility index (Phi) is 3.50. The number of aromatic nitrogens is 1. The van der Waals surface area contributed by atoms with Crippen molar-refractivity contribution in [2.45, 2.75) is 0 Å². The van der Waals surface area contributed by atoms with Gasteiger partial charge in [-0.1, -0.05) is 23.5 Å². The predicted molar refractivity (Wildman–Crippen MR) is 82.2 cm³/mol. The zero-order valence-electron chi connectivity index (χ0n) is 11.9. The minimum absolute atomic E-state index is 0.0222. The molecule has 21 heavy (non-hydrogen) atoms. The lowest BCUT2D eigenvalue weighted by atomic mass is 10.3. The molecule has 0 aliphatic carbocycles. The van der Waals surface area contributed by atoms with Crippen LogP contribution in [0, 0.1) is 0 Å². The van der Waals surface area contributed by atoms with Crippen molar-refractivity contribution < 1.29 is 9.59 Å². The fourth-order valence-corrected chi connectivity index (χ4v) is 3.16. The highest BCUT2D eigenvalue weighted by atomic mass is 32.1. The number of likely N-dealkylation sites (N-methyl/N-ethyl adjacent to an activating group) is 2. The lowest BCUT2D eigenvalue weighted by Gasteiger charge is -2.20. The van der Waals surface area contributed by atoms with Gasteiger partial charge in [0.1, 0.15) is 6.54 Å². The Balaban J connectivity index is 1.69. The van der Waals surface area contributed by atoms with Gasteiger partial charge < -0.3 is 14.7 Å². The number of amides is 2. The third-order valence-electron chi connectivity index (χ3n) is 3.47. The highest BCUT2D eigenvalue weighted by Crippen LogP contribution is 2.27. The average molecular weight is 304 g/mol. The van der Waals surface area contributed by atoms with Crippen LogP contribution in [0.25, 0.3) is 10.2 Å². The Labute approximate surface area is 126 Å². The molecule has 0 bridgehead atoms. The number of benzene rings is 1. The SMILES string of the molecule is CN1CN(C(=O)CN(C)c2nc3ccccc3s2)CC1=O. The summed E-state index contributed by atoms with van der Waals surface area (Å²) in [6, 6.07) is 7.89. The number of fused-ring (bicyclic) bond motifs is 1. The maximum atomic E-state index is 12.2. The van der Waals surface area contributed by atoms with Crippen LogP contribution in [0.3, 0.4) is 0 Å². The van der Waals surface area contributed by atoms with E-state index in [4.69, 9.17) is 0 Å². The third-order valence-corrected chi connectivity index (χ3v) is 4.62. The molecule has 7 heteroatoms. The monoisotopic (exact) mass is 304 g/mol. The number of carbonyl (C=O) groups is 2. The van der Waals surface area contributed by atoms with Gasteiger partial charge in [-0.2, -0.15) is 0 Å². The van der Waals surface area contributed by atoms with Crippen LogP contribution in [0.4, 0.5) is 5.13 Å². The molecule has 1 fully saturated rings. The Morgan fingerprint density at radius 2 is 2.19 bits per heavy atom. The molecule has 1 aromatic heterocycles. The summed E-state index contributed by atoms with van der Waals surface area (Å²) in [5.41, 5.74) is 0.938. The highest BCUT2D eigenvalue weighted by molar-refractivity contribution is 7.22. The molecule has 0 N–H and O–H groups in total. The van der Waals surface area contributed by atoms with Gasteiger partial charge >= 0.3 is 0 Å². The summed E-state index contributed by atoms with van der Waals surface area (Å²) in [6.45, 7) is 0.759. The first kappa shape index (κ1) is 13.8. The zero-order valence-corrected chi connectivity index (χ0v) is 12.8. The molecule has 0 unspecified atom stereocenters. The van der Waals surface area contributed by atoms with Crippen molar-refractivity contribution in [3.05, 3.63) is 24.3 Å². The molecular formula is C14H16N4O2S. The van der Waals surface area contributed by atoms with E-state index in [1.54, 1.807) is 28.2 Å². The lowest BCUT2D eigenvalue weighted by Crippen LogP contribution is -2.38. The smallest absolute Gasteiger partial charge is 0.244 e. The van der Waals surface area contributed by atoms with E-state index < -0.39 is 0 Å². The molecule has 0 atom stereocenters. The largest absolute Gasteiger partial charge is 0.342 e. The molecule has 3 rings (SSSR count). The number of rotatable bonds is 3. The molecular weight excluding hydrogens is 288 g/mol. The lowest BCUT2D eigenvalue weighted by molar-refractivity contribution is -0.130. The van der Waals surface area contributed by atoms with Crippen molar-refractivity contribution in [1.82, 2.24) is 14.8 Å². The third kappa shape index (κ3) is 2.69. The van der Waals surface area contributed by atoms with E-state index in [-0.39, 0.29) is 24.9 Å². The number of hydrogen-bond acceptors (Lipinski definition) is 5. The average Bonchev–Trinajstić information content (AvgIpc) is 3.03. The van der Waals surface area contributed by atoms with Crippen molar-refractivity contribution in [2.75, 3.05) is 38.8 Å². The summed E-state index contributed by atoms with van der Waals surface area (Å²) in [5, 5.41) is 0.809. The fraction of sp³-hybridized carbons (Fsp3) is 0.357. The number of thiazole rings is 1. The predicted octanol–water partition coefficient (Wildman–Crippen LogP) is 0.991. The summed E-state index contributed by atoms with van der Waals surface area (Å²) in [6.07, 6.45) is 0. The summed E-state index contributed by atoms with van der Waals surface area (Å²) in [7, 11) is 3.55. The second kappa shape index (κ2) is 5.33. The van der Waals surface area contributed by atoms with Crippen LogP contribution >= 0.6 is 11.3 Å². The Bertz CT molecular complexity index is 666. The number of nitrogens with zero attached hydrogens (tertiary/aromatic N) is 4. The van der Waals surface area contributed by atoms with Crippen LogP contribution < -0.4 is 4.90 Å². The summed E-state index contributed by atoms with van der Waals surface area (Å²) in [4.78, 5) is 33.1. The van der Waals surface area contributed by atoms with Crippen molar-refractivity contribution in [3.63, 3.8) is 0 Å². The van der Waals surface area contributed by atoms with Gasteiger partial charge in [-0.3, -0.25) is 9.59 Å². The van der Waals surface area contributed by atoms with Crippen molar-refractivity contribution in [1.29, 1.82) is 0 Å². The van der Waals surface area contributed by atoms with Gasteiger partial charge in [0.25, 0.3) is 0 Å². The van der Waals surface area contributed by atoms with Crippen molar-refractivity contribution in [3.8, 4) is 0 Å². The van der Waals surface area contributed by atoms with E-state index in [2.05, 4.69) is 4.98 Å². The number of hydrogen-bond donors (Lipinski definition) is 0. The first-order valence-corrected chi connectivity index (χ1v) is 7.44. The Morgan fingerprint density at radius 1 is 1.43 bits per heavy atom. The normalized spacial score (nSPS) is 15.0. The maximum absolute atomic E-state index is 12.2. The second-order valence-electron chi connectivity index (χ2n) is 5.15. The molecule has 0 radical (unpaired) electrons. The summed E-state index contributed by atoms with van der Waals surface area (Å²) >= 11 is 1.56. The molecule has 2 amide bonds. The van der Waals surface area contributed by atoms with Gasteiger partial charge in [-0.05, 0) is 12.1 Å². The van der Waals surface area contributed by atoms with E-state index in [9.17, 15) is 9.59 Å². The highest BCUT2D eigenvalue weighted by Gasteiger charge is 2.28. The standard InChI is InChI=1S/C14H16N4O2S/c1-16(7-13(20)18-8-12(19)17(2)9-18)14-15-10-5-3-4-6-11(10)21-14/h3-6H,7-9H2,1-2H3. The van der Waals surface area contributed by atoms with Crippen LogP contribution in [0.15, 0.2) is 24.3 Å². The van der Waals surface area contributed by atoms with Crippen molar-refractivity contribution in [2.24, 2.45) is 0 Å². The van der Waals surface area contributed by atoms with Gasteiger partial charge in [0, 0.05) is 14.1 Å². The van der Waals surface area contributed by atoms with Gasteiger partial charge in [-0.15, -0.1) is 0 Å². The topological polar surface area (TPSA) is 56.8 Å². The van der Waals surface area contributed by atoms with Crippen molar-refractivity contribution >= 4 is 38.5 Å².